The van der Waals surface area contributed by atoms with Crippen molar-refractivity contribution in [2.75, 3.05) is 5.75 Å². The summed E-state index contributed by atoms with van der Waals surface area (Å²) in [7, 11) is -3.35. The van der Waals surface area contributed by atoms with E-state index in [-0.39, 0.29) is 33.2 Å². The summed E-state index contributed by atoms with van der Waals surface area (Å²) in [5, 5.41) is 3.28. The number of carbonyl (C=O) groups is 1. The van der Waals surface area contributed by atoms with Gasteiger partial charge in [0.25, 0.3) is 5.91 Å². The first-order valence-electron chi connectivity index (χ1n) is 7.68. The van der Waals surface area contributed by atoms with Crippen LogP contribution in [0.5, 0.6) is 0 Å². The first-order valence-corrected chi connectivity index (χ1v) is 9.71. The minimum atomic E-state index is -3.35. The average Bonchev–Trinajstić information content (AvgIpc) is 2.49. The van der Waals surface area contributed by atoms with Crippen LogP contribution in [-0.2, 0) is 9.84 Å². The van der Waals surface area contributed by atoms with E-state index in [1.54, 1.807) is 6.92 Å². The normalized spacial score (nSPS) is 22.3. The number of hydrogen-bond acceptors (Lipinski definition) is 3. The Morgan fingerprint density at radius 2 is 2.00 bits per heavy atom. The SMILES string of the molecule is CCS(=O)(=O)c1ccc(Cl)c(C(=O)N[C@@H]2CCCC[C@H]2C)c1. The molecule has 0 radical (unpaired) electrons. The standard InChI is InChI=1S/C16H22ClNO3S/c1-3-22(20,21)12-8-9-14(17)13(10-12)16(19)18-15-7-5-4-6-11(15)2/h8-11,15H,3-7H2,1-2H3,(H,18,19)/t11-,15-/m1/s1. The van der Waals surface area contributed by atoms with Crippen LogP contribution in [0, 0.1) is 5.92 Å². The first-order chi connectivity index (χ1) is 10.3. The Kier molecular flexibility index (Phi) is 5.50. The lowest BCUT2D eigenvalue weighted by Gasteiger charge is -2.29. The van der Waals surface area contributed by atoms with Crippen molar-refractivity contribution in [3.8, 4) is 0 Å². The molecule has 0 heterocycles. The van der Waals surface area contributed by atoms with Gasteiger partial charge in [-0.1, -0.05) is 38.3 Å². The number of benzene rings is 1. The minimum absolute atomic E-state index is 0.00461. The van der Waals surface area contributed by atoms with E-state index < -0.39 is 9.84 Å². The van der Waals surface area contributed by atoms with Crippen molar-refractivity contribution in [1.29, 1.82) is 0 Å². The Balaban J connectivity index is 2.23. The van der Waals surface area contributed by atoms with Gasteiger partial charge in [0, 0.05) is 6.04 Å². The second kappa shape index (κ2) is 7.01. The van der Waals surface area contributed by atoms with E-state index in [4.69, 9.17) is 11.6 Å². The maximum atomic E-state index is 12.5. The Bertz CT molecular complexity index is 657. The number of carbonyl (C=O) groups excluding carboxylic acids is 1. The predicted octanol–water partition coefficient (Wildman–Crippen LogP) is 3.44. The van der Waals surface area contributed by atoms with Gasteiger partial charge < -0.3 is 5.32 Å². The van der Waals surface area contributed by atoms with Crippen molar-refractivity contribution in [1.82, 2.24) is 5.32 Å². The van der Waals surface area contributed by atoms with Gasteiger partial charge in [-0.2, -0.15) is 0 Å². The summed E-state index contributed by atoms with van der Waals surface area (Å²) < 4.78 is 23.9. The van der Waals surface area contributed by atoms with E-state index >= 15 is 0 Å². The van der Waals surface area contributed by atoms with Gasteiger partial charge in [-0.3, -0.25) is 4.79 Å². The topological polar surface area (TPSA) is 63.2 Å². The van der Waals surface area contributed by atoms with Crippen LogP contribution in [0.25, 0.3) is 0 Å². The molecule has 0 unspecified atom stereocenters. The van der Waals surface area contributed by atoms with Gasteiger partial charge in [-0.05, 0) is 37.0 Å². The van der Waals surface area contributed by atoms with Crippen molar-refractivity contribution < 1.29 is 13.2 Å². The average molecular weight is 344 g/mol. The molecule has 2 atom stereocenters. The summed E-state index contributed by atoms with van der Waals surface area (Å²) >= 11 is 6.08. The highest BCUT2D eigenvalue weighted by molar-refractivity contribution is 7.91. The van der Waals surface area contributed by atoms with E-state index in [9.17, 15) is 13.2 Å². The van der Waals surface area contributed by atoms with Gasteiger partial charge in [0.05, 0.1) is 21.2 Å². The van der Waals surface area contributed by atoms with Crippen LogP contribution < -0.4 is 5.32 Å². The smallest absolute Gasteiger partial charge is 0.253 e. The number of amides is 1. The molecule has 4 nitrogen and oxygen atoms in total. The fourth-order valence-corrected chi connectivity index (χ4v) is 3.92. The Morgan fingerprint density at radius 3 is 2.64 bits per heavy atom. The van der Waals surface area contributed by atoms with Gasteiger partial charge >= 0.3 is 0 Å². The van der Waals surface area contributed by atoms with Gasteiger partial charge in [0.2, 0.25) is 0 Å². The molecule has 0 spiro atoms. The summed E-state index contributed by atoms with van der Waals surface area (Å²) in [6.45, 7) is 3.71. The minimum Gasteiger partial charge on any atom is -0.349 e. The van der Waals surface area contributed by atoms with Crippen molar-refractivity contribution in [3.05, 3.63) is 28.8 Å². The van der Waals surface area contributed by atoms with E-state index in [2.05, 4.69) is 12.2 Å². The monoisotopic (exact) mass is 343 g/mol. The molecule has 0 saturated heterocycles. The van der Waals surface area contributed by atoms with Gasteiger partial charge in [-0.25, -0.2) is 8.42 Å². The molecule has 22 heavy (non-hydrogen) atoms. The molecule has 2 rings (SSSR count). The molecule has 1 aromatic carbocycles. The van der Waals surface area contributed by atoms with E-state index in [0.717, 1.165) is 19.3 Å². The van der Waals surface area contributed by atoms with Crippen LogP contribution in [0.1, 0.15) is 49.9 Å². The molecule has 1 N–H and O–H groups in total. The third kappa shape index (κ3) is 3.82. The molecule has 0 aliphatic heterocycles. The Hall–Kier alpha value is -1.07. The number of sulfone groups is 1. The maximum Gasteiger partial charge on any atom is 0.253 e. The number of rotatable bonds is 4. The summed E-state index contributed by atoms with van der Waals surface area (Å²) in [5.74, 6) is 0.131. The highest BCUT2D eigenvalue weighted by Crippen LogP contribution is 2.26. The lowest BCUT2D eigenvalue weighted by atomic mass is 9.86. The molecule has 6 heteroatoms. The van der Waals surface area contributed by atoms with Crippen molar-refractivity contribution in [2.45, 2.75) is 50.5 Å². The highest BCUT2D eigenvalue weighted by Gasteiger charge is 2.25. The molecule has 1 aliphatic carbocycles. The molecule has 0 aromatic heterocycles. The van der Waals surface area contributed by atoms with Gasteiger partial charge in [-0.15, -0.1) is 0 Å². The number of nitrogens with one attached hydrogen (secondary N) is 1. The fraction of sp³-hybridized carbons (Fsp3) is 0.562. The van der Waals surface area contributed by atoms with E-state index in [0.29, 0.717) is 5.92 Å². The third-order valence-electron chi connectivity index (χ3n) is 4.35. The highest BCUT2D eigenvalue weighted by atomic mass is 35.5. The largest absolute Gasteiger partial charge is 0.349 e. The lowest BCUT2D eigenvalue weighted by Crippen LogP contribution is -2.41. The third-order valence-corrected chi connectivity index (χ3v) is 6.41. The Labute approximate surface area is 137 Å². The van der Waals surface area contributed by atoms with E-state index in [1.807, 2.05) is 0 Å². The molecular formula is C16H22ClNO3S. The Morgan fingerprint density at radius 1 is 1.32 bits per heavy atom. The fourth-order valence-electron chi connectivity index (χ4n) is 2.82. The molecule has 1 aromatic rings. The number of halogens is 1. The molecule has 1 amide bonds. The van der Waals surface area contributed by atoms with Crippen LogP contribution in [-0.4, -0.2) is 26.1 Å². The molecule has 0 bridgehead atoms. The van der Waals surface area contributed by atoms with Crippen LogP contribution >= 0.6 is 11.6 Å². The van der Waals surface area contributed by atoms with Gasteiger partial charge in [0.1, 0.15) is 0 Å². The molecule has 1 saturated carbocycles. The predicted molar refractivity (Wildman–Crippen MR) is 88.1 cm³/mol. The zero-order valence-corrected chi connectivity index (χ0v) is 14.5. The quantitative estimate of drug-likeness (QED) is 0.910. The summed E-state index contributed by atoms with van der Waals surface area (Å²) in [4.78, 5) is 12.6. The molecule has 1 fully saturated rings. The zero-order chi connectivity index (χ0) is 16.3. The van der Waals surface area contributed by atoms with E-state index in [1.165, 1.54) is 24.6 Å². The maximum absolute atomic E-state index is 12.5. The summed E-state index contributed by atoms with van der Waals surface area (Å²) in [6, 6.07) is 4.43. The number of hydrogen-bond donors (Lipinski definition) is 1. The first kappa shape index (κ1) is 17.3. The van der Waals surface area contributed by atoms with Crippen molar-refractivity contribution in [3.63, 3.8) is 0 Å². The van der Waals surface area contributed by atoms with Gasteiger partial charge in [0.15, 0.2) is 9.84 Å². The molecular weight excluding hydrogens is 322 g/mol. The second-order valence-corrected chi connectivity index (χ2v) is 8.57. The summed E-state index contributed by atoms with van der Waals surface area (Å²) in [6.07, 6.45) is 4.35. The van der Waals surface area contributed by atoms with Crippen molar-refractivity contribution in [2.24, 2.45) is 5.92 Å². The van der Waals surface area contributed by atoms with Crippen LogP contribution in [0.3, 0.4) is 0 Å². The molecule has 122 valence electrons. The van der Waals surface area contributed by atoms with Crippen LogP contribution in [0.15, 0.2) is 23.1 Å². The summed E-state index contributed by atoms with van der Waals surface area (Å²) in [5.41, 5.74) is 0.231. The van der Waals surface area contributed by atoms with Crippen LogP contribution in [0.4, 0.5) is 0 Å². The zero-order valence-electron chi connectivity index (χ0n) is 12.9. The lowest BCUT2D eigenvalue weighted by molar-refractivity contribution is 0.0910. The molecule has 1 aliphatic rings. The van der Waals surface area contributed by atoms with Crippen molar-refractivity contribution >= 4 is 27.3 Å². The van der Waals surface area contributed by atoms with Crippen LogP contribution in [0.2, 0.25) is 5.02 Å². The second-order valence-electron chi connectivity index (χ2n) is 5.89.